The highest BCUT2D eigenvalue weighted by atomic mass is 16.7. The van der Waals surface area contributed by atoms with Gasteiger partial charge in [-0.25, -0.2) is 0 Å². The third-order valence-electron chi connectivity index (χ3n) is 16.6. The van der Waals surface area contributed by atoms with E-state index < -0.39 is 0 Å². The van der Waals surface area contributed by atoms with E-state index >= 15 is 0 Å². The number of hydrogen-bond acceptors (Lipinski definition) is 45. The fourth-order valence-corrected chi connectivity index (χ4v) is 9.72. The van der Waals surface area contributed by atoms with Crippen molar-refractivity contribution >= 4 is 0 Å². The molecule has 0 saturated heterocycles. The van der Waals surface area contributed by atoms with Gasteiger partial charge in [0.2, 0.25) is 0 Å². The maximum Gasteiger partial charge on any atom is 0.0701 e. The summed E-state index contributed by atoms with van der Waals surface area (Å²) in [4.78, 5) is 0. The van der Waals surface area contributed by atoms with E-state index in [9.17, 15) is 0 Å². The molecule has 0 aromatic rings. The minimum atomic E-state index is 0.0143. The van der Waals surface area contributed by atoms with E-state index in [1.54, 1.807) is 0 Å². The van der Waals surface area contributed by atoms with Crippen LogP contribution >= 0.6 is 0 Å². The van der Waals surface area contributed by atoms with Crippen LogP contribution in [-0.4, -0.2) is 592 Å². The Morgan fingerprint density at radius 3 is 0.178 bits per heavy atom. The minimum Gasteiger partial charge on any atom is -0.396 e. The highest BCUT2D eigenvalue weighted by molar-refractivity contribution is 4.49. The second-order valence-corrected chi connectivity index (χ2v) is 27.5. The van der Waals surface area contributed by atoms with E-state index in [1.165, 1.54) is 0 Å². The maximum absolute atomic E-state index is 8.73. The molecule has 0 aliphatic heterocycles. The number of hydrogen-bond donors (Lipinski definition) is 2. The van der Waals surface area contributed by atoms with Crippen LogP contribution in [0.15, 0.2) is 0 Å². The van der Waals surface area contributed by atoms with E-state index in [0.717, 1.165) is 12.8 Å². The first kappa shape index (κ1) is 133. The van der Waals surface area contributed by atoms with Crippen molar-refractivity contribution in [1.82, 2.24) is 0 Å². The predicted octanol–water partition coefficient (Wildman–Crippen LogP) is 0.465. The average molecular weight is 1980 g/mol. The molecule has 0 aliphatic rings. The maximum atomic E-state index is 8.73. The lowest BCUT2D eigenvalue weighted by Crippen LogP contribution is -2.16. The first-order chi connectivity index (χ1) is 67.4. The van der Waals surface area contributed by atoms with Gasteiger partial charge in [0.05, 0.1) is 568 Å². The van der Waals surface area contributed by atoms with Crippen molar-refractivity contribution in [2.24, 2.45) is 0 Å². The second-order valence-electron chi connectivity index (χ2n) is 27.5. The summed E-state index contributed by atoms with van der Waals surface area (Å²) in [5, 5.41) is 17.4. The lowest BCUT2D eigenvalue weighted by molar-refractivity contribution is -0.0329. The van der Waals surface area contributed by atoms with E-state index in [-0.39, 0.29) is 13.2 Å². The van der Waals surface area contributed by atoms with Gasteiger partial charge in [-0.15, -0.1) is 0 Å². The molecule has 2 N–H and O–H groups in total. The van der Waals surface area contributed by atoms with Crippen LogP contribution in [0.25, 0.3) is 0 Å². The van der Waals surface area contributed by atoms with Gasteiger partial charge in [0, 0.05) is 13.2 Å². The normalized spacial score (nSPS) is 11.9. The number of rotatable bonds is 132. The molecular formula is C90H182O45. The van der Waals surface area contributed by atoms with Crippen molar-refractivity contribution in [3.8, 4) is 0 Å². The molecule has 0 radical (unpaired) electrons. The van der Waals surface area contributed by atoms with Crippen LogP contribution in [-0.2, 0) is 204 Å². The summed E-state index contributed by atoms with van der Waals surface area (Å²) in [5.41, 5.74) is 0. The summed E-state index contributed by atoms with van der Waals surface area (Å²) >= 11 is 0. The number of aliphatic hydroxyl groups excluding tert-OH is 2. The lowest BCUT2D eigenvalue weighted by atomic mass is 10.3. The summed E-state index contributed by atoms with van der Waals surface area (Å²) in [7, 11) is 0. The molecule has 0 fully saturated rings. The topological polar surface area (TPSA) is 437 Å². The molecule has 0 unspecified atom stereocenters. The molecule has 0 aromatic heterocycles. The molecule has 0 aromatic carbocycles. The zero-order valence-corrected chi connectivity index (χ0v) is 82.1. The Morgan fingerprint density at radius 2 is 0.119 bits per heavy atom. The predicted molar refractivity (Wildman–Crippen MR) is 489 cm³/mol. The van der Waals surface area contributed by atoms with Gasteiger partial charge in [-0.1, -0.05) is 0 Å². The molecule has 45 heteroatoms. The van der Waals surface area contributed by atoms with Gasteiger partial charge in [0.15, 0.2) is 0 Å². The summed E-state index contributed by atoms with van der Waals surface area (Å²) < 4.78 is 237. The third-order valence-corrected chi connectivity index (χ3v) is 16.6. The summed E-state index contributed by atoms with van der Waals surface area (Å²) in [5.74, 6) is 0. The van der Waals surface area contributed by atoms with Crippen LogP contribution in [0.1, 0.15) is 12.8 Å². The zero-order valence-electron chi connectivity index (χ0n) is 82.1. The quantitative estimate of drug-likeness (QED) is 0.0781. The Bertz CT molecular complexity index is 1720. The fraction of sp³-hybridized carbons (Fsp3) is 1.00. The highest BCUT2D eigenvalue weighted by Gasteiger charge is 2.06. The monoisotopic (exact) mass is 1980 g/mol. The number of ether oxygens (including phenoxy) is 43. The molecule has 0 saturated carbocycles. The van der Waals surface area contributed by atoms with E-state index in [1.807, 2.05) is 0 Å². The second kappa shape index (κ2) is 132. The Balaban J connectivity index is 3.10. The smallest absolute Gasteiger partial charge is 0.0701 e. The van der Waals surface area contributed by atoms with Crippen molar-refractivity contribution in [2.75, 3.05) is 581 Å². The Morgan fingerprint density at radius 1 is 0.0593 bits per heavy atom. The van der Waals surface area contributed by atoms with Crippen LogP contribution in [0.2, 0.25) is 0 Å². The fourth-order valence-electron chi connectivity index (χ4n) is 9.72. The van der Waals surface area contributed by atoms with Crippen LogP contribution in [0, 0.1) is 0 Å². The van der Waals surface area contributed by atoms with Gasteiger partial charge in [-0.05, 0) is 12.8 Å². The van der Waals surface area contributed by atoms with Crippen molar-refractivity contribution in [3.63, 3.8) is 0 Å². The standard InChI is InChI=1S/C90H182O45/c91-3-1-2-5-93-7-9-95-11-13-97-15-17-99-19-21-101-23-25-103-27-29-105-31-33-107-35-37-109-39-41-111-43-45-113-47-49-115-51-53-117-55-57-119-59-61-121-63-65-123-67-69-125-71-73-127-75-77-129-79-81-131-83-85-133-87-89-135-90-88-134-86-84-132-82-80-130-78-76-128-74-72-126-70-68-124-66-64-122-62-60-120-58-56-118-54-52-116-50-48-114-46-44-112-42-40-110-38-36-108-34-32-106-30-28-104-26-24-102-22-20-100-18-16-98-14-12-96-10-8-94-6-4-92/h91-92H,1-90H2. The van der Waals surface area contributed by atoms with Crippen LogP contribution in [0.4, 0.5) is 0 Å². The molecule has 812 valence electrons. The Kier molecular flexibility index (Phi) is 130. The van der Waals surface area contributed by atoms with Gasteiger partial charge in [0.1, 0.15) is 0 Å². The highest BCUT2D eigenvalue weighted by Crippen LogP contribution is 1.98. The first-order valence-corrected chi connectivity index (χ1v) is 48.5. The molecule has 0 atom stereocenters. The largest absolute Gasteiger partial charge is 0.396 e. The van der Waals surface area contributed by atoms with Crippen LogP contribution < -0.4 is 0 Å². The molecule has 0 spiro atoms. The van der Waals surface area contributed by atoms with Gasteiger partial charge in [0.25, 0.3) is 0 Å². The zero-order chi connectivity index (χ0) is 96.0. The van der Waals surface area contributed by atoms with Crippen molar-refractivity contribution in [1.29, 1.82) is 0 Å². The van der Waals surface area contributed by atoms with Crippen LogP contribution in [0.3, 0.4) is 0 Å². The van der Waals surface area contributed by atoms with Gasteiger partial charge < -0.3 is 214 Å². The number of unbranched alkanes of at least 4 members (excludes halogenated alkanes) is 1. The van der Waals surface area contributed by atoms with Gasteiger partial charge in [-0.2, -0.15) is 0 Å². The summed E-state index contributed by atoms with van der Waals surface area (Å²) in [6.45, 7) is 41.5. The number of aliphatic hydroxyl groups is 2. The lowest BCUT2D eigenvalue weighted by Gasteiger charge is -2.09. The Labute approximate surface area is 805 Å². The van der Waals surface area contributed by atoms with Crippen molar-refractivity contribution in [3.05, 3.63) is 0 Å². The molecule has 0 amide bonds. The molecular weight excluding hydrogens is 1800 g/mol. The van der Waals surface area contributed by atoms with Gasteiger partial charge >= 0.3 is 0 Å². The van der Waals surface area contributed by atoms with Crippen molar-refractivity contribution in [2.45, 2.75) is 12.8 Å². The summed E-state index contributed by atoms with van der Waals surface area (Å²) in [6, 6.07) is 0. The molecule has 0 aliphatic carbocycles. The SMILES string of the molecule is OCCCCOCCOCCOCCOCCOCCOCCOCCOCCOCCOCCOCCOCCOCCOCCOCCOCCOCCOCCOCCOCCOCCOCCOCCOCCOCCOCCOCCOCCOCCOCCOCCOCCOCCOCCOCCOCCOCCOCCOCCOCCOCCOCCOCCO. The molecule has 0 bridgehead atoms. The third kappa shape index (κ3) is 132. The molecule has 0 rings (SSSR count). The van der Waals surface area contributed by atoms with E-state index in [0.29, 0.717) is 568 Å². The average Bonchev–Trinajstić information content (AvgIpc) is 1.14. The Hall–Kier alpha value is -1.80. The van der Waals surface area contributed by atoms with Crippen molar-refractivity contribution < 1.29 is 214 Å². The minimum absolute atomic E-state index is 0.0143. The van der Waals surface area contributed by atoms with E-state index in [4.69, 9.17) is 214 Å². The molecule has 135 heavy (non-hydrogen) atoms. The summed E-state index contributed by atoms with van der Waals surface area (Å²) in [6.07, 6.45) is 1.62. The molecule has 0 heterocycles. The van der Waals surface area contributed by atoms with Gasteiger partial charge in [-0.3, -0.25) is 0 Å². The van der Waals surface area contributed by atoms with E-state index in [2.05, 4.69) is 0 Å². The first-order valence-electron chi connectivity index (χ1n) is 48.5. The van der Waals surface area contributed by atoms with Crippen LogP contribution in [0.5, 0.6) is 0 Å². The molecule has 45 nitrogen and oxygen atoms in total.